The van der Waals surface area contributed by atoms with Crippen molar-refractivity contribution in [1.82, 2.24) is 5.32 Å². The number of nitrogens with zero attached hydrogens (tertiary/aromatic N) is 1. The molecule has 0 bridgehead atoms. The Kier molecular flexibility index (Phi) is 2.39. The van der Waals surface area contributed by atoms with Gasteiger partial charge in [-0.25, -0.2) is 4.79 Å². The van der Waals surface area contributed by atoms with Crippen molar-refractivity contribution < 1.29 is 14.4 Å². The highest BCUT2D eigenvalue weighted by molar-refractivity contribution is 6.04. The number of carbonyl (C=O) groups excluding carboxylic acids is 2. The van der Waals surface area contributed by atoms with Crippen molar-refractivity contribution in [3.8, 4) is 0 Å². The van der Waals surface area contributed by atoms with Gasteiger partial charge in [-0.05, 0) is 19.1 Å². The number of anilines is 1. The van der Waals surface area contributed by atoms with Crippen molar-refractivity contribution in [1.29, 1.82) is 0 Å². The molecule has 0 spiro atoms. The third-order valence-electron chi connectivity index (χ3n) is 2.04. The van der Waals surface area contributed by atoms with E-state index in [1.165, 1.54) is 0 Å². The van der Waals surface area contributed by atoms with Crippen molar-refractivity contribution in [2.75, 3.05) is 5.06 Å². The average Bonchev–Trinajstić information content (AvgIpc) is 2.25. The molecule has 15 heavy (non-hydrogen) atoms. The zero-order chi connectivity index (χ0) is 10.8. The van der Waals surface area contributed by atoms with Gasteiger partial charge in [0.2, 0.25) is 0 Å². The summed E-state index contributed by atoms with van der Waals surface area (Å²) < 4.78 is 0. The topological polar surface area (TPSA) is 58.6 Å². The van der Waals surface area contributed by atoms with E-state index >= 15 is 0 Å². The van der Waals surface area contributed by atoms with Gasteiger partial charge in [-0.15, -0.1) is 0 Å². The molecular weight excluding hydrogens is 196 g/mol. The highest BCUT2D eigenvalue weighted by Gasteiger charge is 2.31. The van der Waals surface area contributed by atoms with Crippen LogP contribution in [0.15, 0.2) is 30.3 Å². The van der Waals surface area contributed by atoms with Gasteiger partial charge in [0.25, 0.3) is 5.91 Å². The van der Waals surface area contributed by atoms with Gasteiger partial charge >= 0.3 is 6.03 Å². The molecule has 1 aromatic rings. The quantitative estimate of drug-likeness (QED) is 0.747. The summed E-state index contributed by atoms with van der Waals surface area (Å²) in [7, 11) is 0. The van der Waals surface area contributed by atoms with Crippen LogP contribution < -0.4 is 10.4 Å². The summed E-state index contributed by atoms with van der Waals surface area (Å²) in [5.41, 5.74) is 0.592. The molecule has 0 saturated carbocycles. The number of amides is 3. The van der Waals surface area contributed by atoms with Gasteiger partial charge in [-0.1, -0.05) is 18.2 Å². The Morgan fingerprint density at radius 2 is 1.93 bits per heavy atom. The molecular formula is C10H10N2O3. The maximum Gasteiger partial charge on any atom is 0.352 e. The predicted molar refractivity (Wildman–Crippen MR) is 53.0 cm³/mol. The van der Waals surface area contributed by atoms with Crippen molar-refractivity contribution in [2.45, 2.75) is 13.0 Å². The molecule has 5 heteroatoms. The molecule has 3 amide bonds. The molecule has 0 radical (unpaired) electrons. The lowest BCUT2D eigenvalue weighted by molar-refractivity contribution is -0.133. The van der Waals surface area contributed by atoms with E-state index < -0.39 is 18.0 Å². The summed E-state index contributed by atoms with van der Waals surface area (Å²) in [6.07, 6.45) is -0.664. The molecule has 0 aromatic heterocycles. The zero-order valence-electron chi connectivity index (χ0n) is 8.14. The third kappa shape index (κ3) is 1.82. The molecule has 1 N–H and O–H groups in total. The second kappa shape index (κ2) is 3.70. The molecule has 0 aliphatic carbocycles. The van der Waals surface area contributed by atoms with Crippen molar-refractivity contribution >= 4 is 17.6 Å². The SMILES string of the molecule is CC1ON(c2ccccc2)C(=O)NC1=O. The van der Waals surface area contributed by atoms with Crippen LogP contribution in [0, 0.1) is 0 Å². The Hall–Kier alpha value is -1.88. The first kappa shape index (κ1) is 9.67. The highest BCUT2D eigenvalue weighted by Crippen LogP contribution is 2.17. The standard InChI is InChI=1S/C10H10N2O3/c1-7-9(13)11-10(14)12(15-7)8-5-3-2-4-6-8/h2-7H,1H3,(H,11,13,14). The number of nitrogens with one attached hydrogen (secondary N) is 1. The minimum atomic E-state index is -0.664. The van der Waals surface area contributed by atoms with Crippen LogP contribution >= 0.6 is 0 Å². The summed E-state index contributed by atoms with van der Waals surface area (Å²) >= 11 is 0. The first-order valence-electron chi connectivity index (χ1n) is 4.55. The number of para-hydroxylation sites is 1. The van der Waals surface area contributed by atoms with E-state index in [2.05, 4.69) is 5.32 Å². The molecule has 1 fully saturated rings. The summed E-state index contributed by atoms with van der Waals surface area (Å²) in [5.74, 6) is -0.424. The first-order valence-corrected chi connectivity index (χ1v) is 4.55. The van der Waals surface area contributed by atoms with Gasteiger partial charge in [0.05, 0.1) is 5.69 Å². The summed E-state index contributed by atoms with van der Waals surface area (Å²) in [5, 5.41) is 3.28. The van der Waals surface area contributed by atoms with Gasteiger partial charge in [0, 0.05) is 0 Å². The van der Waals surface area contributed by atoms with E-state index in [0.717, 1.165) is 5.06 Å². The Morgan fingerprint density at radius 1 is 1.27 bits per heavy atom. The maximum absolute atomic E-state index is 11.4. The molecule has 1 aliphatic heterocycles. The number of benzene rings is 1. The van der Waals surface area contributed by atoms with E-state index in [9.17, 15) is 9.59 Å². The fraction of sp³-hybridized carbons (Fsp3) is 0.200. The van der Waals surface area contributed by atoms with E-state index in [4.69, 9.17) is 4.84 Å². The number of hydrogen-bond donors (Lipinski definition) is 1. The second-order valence-electron chi connectivity index (χ2n) is 3.17. The number of imide groups is 1. The maximum atomic E-state index is 11.4. The van der Waals surface area contributed by atoms with Gasteiger partial charge in [-0.2, -0.15) is 5.06 Å². The molecule has 1 aromatic carbocycles. The molecule has 1 atom stereocenters. The van der Waals surface area contributed by atoms with Crippen molar-refractivity contribution in [3.63, 3.8) is 0 Å². The Balaban J connectivity index is 2.23. The molecule has 1 unspecified atom stereocenters. The van der Waals surface area contributed by atoms with E-state index in [-0.39, 0.29) is 0 Å². The van der Waals surface area contributed by atoms with Crippen LogP contribution in [-0.4, -0.2) is 18.0 Å². The number of hydroxylamine groups is 1. The Bertz CT molecular complexity index is 391. The lowest BCUT2D eigenvalue weighted by Gasteiger charge is -2.29. The van der Waals surface area contributed by atoms with E-state index in [0.29, 0.717) is 5.69 Å². The largest absolute Gasteiger partial charge is 0.352 e. The number of hydrogen-bond acceptors (Lipinski definition) is 3. The smallest absolute Gasteiger partial charge is 0.273 e. The molecule has 1 heterocycles. The van der Waals surface area contributed by atoms with Crippen molar-refractivity contribution in [3.05, 3.63) is 30.3 Å². The van der Waals surface area contributed by atoms with Crippen LogP contribution in [0.25, 0.3) is 0 Å². The Labute approximate surface area is 86.6 Å². The molecule has 78 valence electrons. The van der Waals surface area contributed by atoms with Gasteiger partial charge in [-0.3, -0.25) is 14.9 Å². The van der Waals surface area contributed by atoms with Crippen LogP contribution in [0.3, 0.4) is 0 Å². The monoisotopic (exact) mass is 206 g/mol. The summed E-state index contributed by atoms with van der Waals surface area (Å²) in [4.78, 5) is 27.7. The minimum Gasteiger partial charge on any atom is -0.273 e. The lowest BCUT2D eigenvalue weighted by Crippen LogP contribution is -2.54. The number of rotatable bonds is 1. The van der Waals surface area contributed by atoms with Crippen LogP contribution in [0.1, 0.15) is 6.92 Å². The minimum absolute atomic E-state index is 0.424. The number of urea groups is 1. The molecule has 2 rings (SSSR count). The van der Waals surface area contributed by atoms with Crippen LogP contribution in [0.2, 0.25) is 0 Å². The van der Waals surface area contributed by atoms with E-state index in [1.807, 2.05) is 6.07 Å². The second-order valence-corrected chi connectivity index (χ2v) is 3.17. The average molecular weight is 206 g/mol. The fourth-order valence-electron chi connectivity index (χ4n) is 1.25. The highest BCUT2D eigenvalue weighted by atomic mass is 16.7. The van der Waals surface area contributed by atoms with Crippen LogP contribution in [-0.2, 0) is 9.63 Å². The Morgan fingerprint density at radius 3 is 2.60 bits per heavy atom. The van der Waals surface area contributed by atoms with Crippen LogP contribution in [0.5, 0.6) is 0 Å². The predicted octanol–water partition coefficient (Wildman–Crippen LogP) is 1.06. The van der Waals surface area contributed by atoms with Gasteiger partial charge in [0.1, 0.15) is 0 Å². The zero-order valence-corrected chi connectivity index (χ0v) is 8.14. The molecule has 5 nitrogen and oxygen atoms in total. The van der Waals surface area contributed by atoms with E-state index in [1.54, 1.807) is 31.2 Å². The first-order chi connectivity index (χ1) is 7.18. The molecule has 1 aliphatic rings. The lowest BCUT2D eigenvalue weighted by atomic mass is 10.3. The fourth-order valence-corrected chi connectivity index (χ4v) is 1.25. The summed E-state index contributed by atoms with van der Waals surface area (Å²) in [6.45, 7) is 1.58. The summed E-state index contributed by atoms with van der Waals surface area (Å²) in [6, 6.07) is 8.29. The van der Waals surface area contributed by atoms with Gasteiger partial charge < -0.3 is 0 Å². The normalized spacial score (nSPS) is 21.4. The third-order valence-corrected chi connectivity index (χ3v) is 2.04. The van der Waals surface area contributed by atoms with Crippen molar-refractivity contribution in [2.24, 2.45) is 0 Å². The number of carbonyl (C=O) groups is 2. The molecule has 1 saturated heterocycles. The van der Waals surface area contributed by atoms with Gasteiger partial charge in [0.15, 0.2) is 6.10 Å². The van der Waals surface area contributed by atoms with Crippen LogP contribution in [0.4, 0.5) is 10.5 Å².